The zero-order valence-electron chi connectivity index (χ0n) is 11.9. The largest absolute Gasteiger partial charge is 0.469 e. The van der Waals surface area contributed by atoms with Crippen molar-refractivity contribution < 1.29 is 22.7 Å². The highest BCUT2D eigenvalue weighted by molar-refractivity contribution is 7.89. The van der Waals surface area contributed by atoms with Crippen molar-refractivity contribution in [3.05, 3.63) is 29.8 Å². The summed E-state index contributed by atoms with van der Waals surface area (Å²) in [6.07, 6.45) is 0.827. The van der Waals surface area contributed by atoms with Gasteiger partial charge in [-0.05, 0) is 24.1 Å². The van der Waals surface area contributed by atoms with Crippen LogP contribution in [0.5, 0.6) is 0 Å². The van der Waals surface area contributed by atoms with Crippen molar-refractivity contribution in [1.82, 2.24) is 4.31 Å². The molecule has 1 aliphatic rings. The first kappa shape index (κ1) is 15.9. The van der Waals surface area contributed by atoms with Gasteiger partial charge in [0.2, 0.25) is 10.0 Å². The summed E-state index contributed by atoms with van der Waals surface area (Å²) in [6, 6.07) is 6.33. The minimum absolute atomic E-state index is 0.133. The monoisotopic (exact) mass is 313 g/mol. The maximum atomic E-state index is 12.5. The van der Waals surface area contributed by atoms with Crippen molar-refractivity contribution in [3.8, 4) is 0 Å². The molecule has 2 rings (SSSR count). The van der Waals surface area contributed by atoms with E-state index in [2.05, 4.69) is 4.74 Å². The van der Waals surface area contributed by atoms with Gasteiger partial charge in [0.25, 0.3) is 0 Å². The van der Waals surface area contributed by atoms with Crippen LogP contribution in [-0.2, 0) is 30.7 Å². The van der Waals surface area contributed by atoms with Gasteiger partial charge in [-0.3, -0.25) is 4.79 Å². The van der Waals surface area contributed by atoms with Crippen LogP contribution in [0.4, 0.5) is 0 Å². The van der Waals surface area contributed by atoms with Crippen LogP contribution in [0.25, 0.3) is 0 Å². The zero-order chi connectivity index (χ0) is 15.3. The molecule has 0 aliphatic carbocycles. The van der Waals surface area contributed by atoms with Gasteiger partial charge in [-0.25, -0.2) is 8.42 Å². The smallest absolute Gasteiger partial charge is 0.309 e. The number of hydrogen-bond donors (Lipinski definition) is 0. The van der Waals surface area contributed by atoms with Crippen LogP contribution in [-0.4, -0.2) is 52.1 Å². The average Bonchev–Trinajstić information content (AvgIpc) is 2.77. The predicted molar refractivity (Wildman–Crippen MR) is 76.4 cm³/mol. The van der Waals surface area contributed by atoms with Crippen LogP contribution >= 0.6 is 0 Å². The summed E-state index contributed by atoms with van der Waals surface area (Å²) in [6.45, 7) is 1.84. The Morgan fingerprint density at radius 2 is 1.95 bits per heavy atom. The Hall–Kier alpha value is -1.44. The molecule has 7 heteroatoms. The van der Waals surface area contributed by atoms with Gasteiger partial charge < -0.3 is 9.47 Å². The predicted octanol–water partition coefficient (Wildman–Crippen LogP) is 0.813. The van der Waals surface area contributed by atoms with Crippen molar-refractivity contribution in [2.75, 3.05) is 33.4 Å². The number of rotatable bonds is 4. The van der Waals surface area contributed by atoms with Gasteiger partial charge in [-0.15, -0.1) is 0 Å². The highest BCUT2D eigenvalue weighted by Gasteiger charge is 2.25. The molecule has 1 aliphatic heterocycles. The molecule has 0 bridgehead atoms. The van der Waals surface area contributed by atoms with Crippen molar-refractivity contribution >= 4 is 16.0 Å². The Morgan fingerprint density at radius 1 is 1.24 bits per heavy atom. The van der Waals surface area contributed by atoms with E-state index in [9.17, 15) is 13.2 Å². The second-order valence-corrected chi connectivity index (χ2v) is 6.70. The molecule has 0 saturated carbocycles. The number of esters is 1. The number of sulfonamides is 1. The molecule has 1 saturated heterocycles. The van der Waals surface area contributed by atoms with Gasteiger partial charge in [0.15, 0.2) is 0 Å². The number of carbonyl (C=O) groups excluding carboxylic acids is 1. The molecule has 1 fully saturated rings. The van der Waals surface area contributed by atoms with E-state index in [4.69, 9.17) is 4.74 Å². The molecule has 0 spiro atoms. The molecule has 116 valence electrons. The summed E-state index contributed by atoms with van der Waals surface area (Å²) in [4.78, 5) is 11.4. The summed E-state index contributed by atoms with van der Waals surface area (Å²) in [5, 5.41) is 0. The Balaban J connectivity index is 2.14. The highest BCUT2D eigenvalue weighted by Crippen LogP contribution is 2.18. The van der Waals surface area contributed by atoms with Crippen LogP contribution in [0.2, 0.25) is 0 Å². The molecule has 0 radical (unpaired) electrons. The number of benzene rings is 1. The van der Waals surface area contributed by atoms with Crippen molar-refractivity contribution in [2.24, 2.45) is 0 Å². The number of hydrogen-bond acceptors (Lipinski definition) is 5. The minimum atomic E-state index is -3.50. The topological polar surface area (TPSA) is 72.9 Å². The fourth-order valence-electron chi connectivity index (χ4n) is 2.13. The molecule has 1 aromatic rings. The summed E-state index contributed by atoms with van der Waals surface area (Å²) in [5.41, 5.74) is 0.722. The first-order chi connectivity index (χ1) is 10.0. The second kappa shape index (κ2) is 7.02. The van der Waals surface area contributed by atoms with Crippen LogP contribution in [0, 0.1) is 0 Å². The van der Waals surface area contributed by atoms with Gasteiger partial charge in [0.1, 0.15) is 0 Å². The van der Waals surface area contributed by atoms with Gasteiger partial charge in [-0.2, -0.15) is 4.31 Å². The molecular formula is C14H19NO5S. The first-order valence-electron chi connectivity index (χ1n) is 6.77. The third-order valence-corrected chi connectivity index (χ3v) is 5.23. The molecule has 6 nitrogen and oxygen atoms in total. The normalized spacial score (nSPS) is 17.2. The maximum Gasteiger partial charge on any atom is 0.309 e. The van der Waals surface area contributed by atoms with Crippen LogP contribution < -0.4 is 0 Å². The van der Waals surface area contributed by atoms with Crippen LogP contribution in [0.3, 0.4) is 0 Å². The molecule has 0 unspecified atom stereocenters. The molecule has 21 heavy (non-hydrogen) atoms. The average molecular weight is 313 g/mol. The van der Waals surface area contributed by atoms with Crippen LogP contribution in [0.15, 0.2) is 29.2 Å². The number of ether oxygens (including phenoxy) is 2. The lowest BCUT2D eigenvalue weighted by molar-refractivity contribution is -0.139. The van der Waals surface area contributed by atoms with E-state index in [1.165, 1.54) is 23.5 Å². The molecule has 1 aromatic carbocycles. The standard InChI is InChI=1S/C14H19NO5S/c1-19-14(16)11-12-3-5-13(6-4-12)21(17,18)15-7-2-9-20-10-8-15/h3-6H,2,7-11H2,1H3. The Bertz CT molecular complexity index is 574. The van der Waals surface area contributed by atoms with Gasteiger partial charge in [-0.1, -0.05) is 12.1 Å². The molecule has 0 N–H and O–H groups in total. The first-order valence-corrected chi connectivity index (χ1v) is 8.21. The van der Waals surface area contributed by atoms with E-state index in [0.29, 0.717) is 32.7 Å². The fraction of sp³-hybridized carbons (Fsp3) is 0.500. The highest BCUT2D eigenvalue weighted by atomic mass is 32.2. The Kier molecular flexibility index (Phi) is 5.33. The van der Waals surface area contributed by atoms with E-state index in [1.54, 1.807) is 12.1 Å². The zero-order valence-corrected chi connectivity index (χ0v) is 12.8. The summed E-state index contributed by atoms with van der Waals surface area (Å²) < 4.78 is 36.3. The maximum absolute atomic E-state index is 12.5. The van der Waals surface area contributed by atoms with E-state index >= 15 is 0 Å². The van der Waals surface area contributed by atoms with E-state index in [-0.39, 0.29) is 17.3 Å². The minimum Gasteiger partial charge on any atom is -0.469 e. The van der Waals surface area contributed by atoms with E-state index < -0.39 is 10.0 Å². The lowest BCUT2D eigenvalue weighted by Crippen LogP contribution is -2.33. The van der Waals surface area contributed by atoms with Crippen molar-refractivity contribution in [1.29, 1.82) is 0 Å². The Morgan fingerprint density at radius 3 is 2.62 bits per heavy atom. The molecule has 0 amide bonds. The van der Waals surface area contributed by atoms with E-state index in [0.717, 1.165) is 5.56 Å². The second-order valence-electron chi connectivity index (χ2n) is 4.77. The number of carbonyl (C=O) groups is 1. The lowest BCUT2D eigenvalue weighted by atomic mass is 10.2. The summed E-state index contributed by atoms with van der Waals surface area (Å²) in [5.74, 6) is -0.352. The number of nitrogens with zero attached hydrogens (tertiary/aromatic N) is 1. The Labute approximate surface area is 124 Å². The quantitative estimate of drug-likeness (QED) is 0.769. The molecule has 0 atom stereocenters. The van der Waals surface area contributed by atoms with Crippen molar-refractivity contribution in [3.63, 3.8) is 0 Å². The van der Waals surface area contributed by atoms with Gasteiger partial charge >= 0.3 is 5.97 Å². The summed E-state index contributed by atoms with van der Waals surface area (Å²) in [7, 11) is -2.18. The molecule has 0 aromatic heterocycles. The third kappa shape index (κ3) is 4.03. The van der Waals surface area contributed by atoms with Crippen molar-refractivity contribution in [2.45, 2.75) is 17.7 Å². The molecule has 1 heterocycles. The third-order valence-electron chi connectivity index (χ3n) is 3.32. The fourth-order valence-corrected chi connectivity index (χ4v) is 3.59. The van der Waals surface area contributed by atoms with E-state index in [1.807, 2.05) is 0 Å². The van der Waals surface area contributed by atoms with Gasteiger partial charge in [0, 0.05) is 19.7 Å². The molecular weight excluding hydrogens is 294 g/mol. The summed E-state index contributed by atoms with van der Waals surface area (Å²) >= 11 is 0. The lowest BCUT2D eigenvalue weighted by Gasteiger charge is -2.19. The SMILES string of the molecule is COC(=O)Cc1ccc(S(=O)(=O)N2CCCOCC2)cc1. The number of methoxy groups -OCH3 is 1. The van der Waals surface area contributed by atoms with Crippen LogP contribution in [0.1, 0.15) is 12.0 Å². The van der Waals surface area contributed by atoms with Gasteiger partial charge in [0.05, 0.1) is 25.0 Å².